The highest BCUT2D eigenvalue weighted by Crippen LogP contribution is 2.25. The molecule has 27 heavy (non-hydrogen) atoms. The fourth-order valence-corrected chi connectivity index (χ4v) is 2.68. The van der Waals surface area contributed by atoms with Gasteiger partial charge in [0.05, 0.1) is 24.2 Å². The summed E-state index contributed by atoms with van der Waals surface area (Å²) < 4.78 is 10.6. The fraction of sp³-hybridized carbons (Fsp3) is 0.286. The third-order valence-electron chi connectivity index (χ3n) is 4.18. The zero-order chi connectivity index (χ0) is 19.4. The number of fused-ring (bicyclic) bond motifs is 1. The van der Waals surface area contributed by atoms with Crippen molar-refractivity contribution in [1.29, 1.82) is 0 Å². The summed E-state index contributed by atoms with van der Waals surface area (Å²) in [5.74, 6) is 0.649. The molecule has 0 aliphatic rings. The van der Waals surface area contributed by atoms with Crippen molar-refractivity contribution in [3.05, 3.63) is 53.2 Å². The lowest BCUT2D eigenvalue weighted by molar-refractivity contribution is 0.0521. The number of carbonyl (C=O) groups is 1. The molecule has 0 atom stereocenters. The Morgan fingerprint density at radius 1 is 0.963 bits per heavy atom. The number of hydrogen-bond donors (Lipinski definition) is 1. The number of anilines is 2. The number of carbonyl (C=O) groups excluding carboxylic acids is 1. The number of ether oxygens (including phenoxy) is 2. The van der Waals surface area contributed by atoms with Crippen LogP contribution < -0.4 is 10.1 Å². The highest BCUT2D eigenvalue weighted by Gasteiger charge is 2.18. The van der Waals surface area contributed by atoms with Gasteiger partial charge in [0.15, 0.2) is 11.5 Å². The van der Waals surface area contributed by atoms with Crippen LogP contribution in [0.25, 0.3) is 11.0 Å². The van der Waals surface area contributed by atoms with E-state index in [9.17, 15) is 4.79 Å². The minimum absolute atomic E-state index is 0.168. The van der Waals surface area contributed by atoms with E-state index in [1.165, 1.54) is 0 Å². The van der Waals surface area contributed by atoms with Gasteiger partial charge in [-0.05, 0) is 75.2 Å². The standard InChI is InChI=1S/C21H23N3O3/c1-5-26-16-9-7-15(8-10-16)22-20-19(21(25)27-6-2)23-17-11-13(3)14(4)12-18(17)24-20/h7-12H,5-6H2,1-4H3,(H,22,24). The Hall–Kier alpha value is -3.15. The average Bonchev–Trinajstić information content (AvgIpc) is 2.64. The van der Waals surface area contributed by atoms with E-state index in [0.29, 0.717) is 17.9 Å². The van der Waals surface area contributed by atoms with Crippen LogP contribution in [0.4, 0.5) is 11.5 Å². The van der Waals surface area contributed by atoms with Gasteiger partial charge in [0.1, 0.15) is 5.75 Å². The van der Waals surface area contributed by atoms with Crippen LogP contribution in [-0.4, -0.2) is 29.2 Å². The summed E-state index contributed by atoms with van der Waals surface area (Å²) in [5, 5.41) is 3.18. The number of aromatic nitrogens is 2. The summed E-state index contributed by atoms with van der Waals surface area (Å²) in [6.07, 6.45) is 0. The molecule has 0 amide bonds. The van der Waals surface area contributed by atoms with Crippen molar-refractivity contribution >= 4 is 28.5 Å². The number of nitrogens with one attached hydrogen (secondary N) is 1. The maximum atomic E-state index is 12.4. The molecule has 6 heteroatoms. The minimum atomic E-state index is -0.501. The molecule has 0 aliphatic carbocycles. The van der Waals surface area contributed by atoms with E-state index in [1.807, 2.05) is 57.2 Å². The molecule has 0 aliphatic heterocycles. The van der Waals surface area contributed by atoms with Crippen molar-refractivity contribution < 1.29 is 14.3 Å². The Morgan fingerprint density at radius 2 is 1.59 bits per heavy atom. The van der Waals surface area contributed by atoms with Gasteiger partial charge >= 0.3 is 5.97 Å². The number of rotatable bonds is 6. The lowest BCUT2D eigenvalue weighted by Crippen LogP contribution is -2.12. The SMILES string of the molecule is CCOC(=O)c1nc2cc(C)c(C)cc2nc1Nc1ccc(OCC)cc1. The fourth-order valence-electron chi connectivity index (χ4n) is 2.68. The average molecular weight is 365 g/mol. The van der Waals surface area contributed by atoms with Gasteiger partial charge in [0.25, 0.3) is 0 Å². The van der Waals surface area contributed by atoms with Gasteiger partial charge in [0.2, 0.25) is 0 Å². The van der Waals surface area contributed by atoms with E-state index < -0.39 is 5.97 Å². The molecule has 6 nitrogen and oxygen atoms in total. The number of nitrogens with zero attached hydrogens (tertiary/aromatic N) is 2. The van der Waals surface area contributed by atoms with Crippen LogP contribution in [0.15, 0.2) is 36.4 Å². The predicted molar refractivity (Wildman–Crippen MR) is 106 cm³/mol. The molecule has 3 aromatic rings. The van der Waals surface area contributed by atoms with Gasteiger partial charge < -0.3 is 14.8 Å². The molecule has 0 fully saturated rings. The minimum Gasteiger partial charge on any atom is -0.494 e. The molecule has 0 bridgehead atoms. The maximum absolute atomic E-state index is 12.4. The zero-order valence-electron chi connectivity index (χ0n) is 16.0. The first-order chi connectivity index (χ1) is 13.0. The smallest absolute Gasteiger partial charge is 0.360 e. The first kappa shape index (κ1) is 18.6. The van der Waals surface area contributed by atoms with Crippen molar-refractivity contribution in [1.82, 2.24) is 9.97 Å². The van der Waals surface area contributed by atoms with E-state index in [0.717, 1.165) is 28.1 Å². The molecule has 0 radical (unpaired) electrons. The molecular weight excluding hydrogens is 342 g/mol. The second-order valence-corrected chi connectivity index (χ2v) is 6.15. The molecule has 1 heterocycles. The Kier molecular flexibility index (Phi) is 5.54. The largest absolute Gasteiger partial charge is 0.494 e. The third-order valence-corrected chi connectivity index (χ3v) is 4.18. The Balaban J connectivity index is 2.03. The molecule has 1 aromatic heterocycles. The highest BCUT2D eigenvalue weighted by atomic mass is 16.5. The van der Waals surface area contributed by atoms with E-state index in [4.69, 9.17) is 9.47 Å². The van der Waals surface area contributed by atoms with E-state index >= 15 is 0 Å². The molecule has 0 unspecified atom stereocenters. The monoisotopic (exact) mass is 365 g/mol. The van der Waals surface area contributed by atoms with Crippen molar-refractivity contribution in [2.24, 2.45) is 0 Å². The van der Waals surface area contributed by atoms with Crippen LogP contribution in [0, 0.1) is 13.8 Å². The van der Waals surface area contributed by atoms with Gasteiger partial charge in [-0.3, -0.25) is 0 Å². The molecule has 140 valence electrons. The van der Waals surface area contributed by atoms with Crippen molar-refractivity contribution in [2.75, 3.05) is 18.5 Å². The summed E-state index contributed by atoms with van der Waals surface area (Å²) in [6, 6.07) is 11.4. The summed E-state index contributed by atoms with van der Waals surface area (Å²) in [4.78, 5) is 21.5. The number of aryl methyl sites for hydroxylation is 2. The Morgan fingerprint density at radius 3 is 2.19 bits per heavy atom. The highest BCUT2D eigenvalue weighted by molar-refractivity contribution is 5.96. The van der Waals surface area contributed by atoms with Crippen molar-refractivity contribution in [3.8, 4) is 5.75 Å². The molecular formula is C21H23N3O3. The van der Waals surface area contributed by atoms with Crippen molar-refractivity contribution in [2.45, 2.75) is 27.7 Å². The van der Waals surface area contributed by atoms with Crippen molar-refractivity contribution in [3.63, 3.8) is 0 Å². The molecule has 3 rings (SSSR count). The van der Waals surface area contributed by atoms with E-state index in [1.54, 1.807) is 6.92 Å². The van der Waals surface area contributed by atoms with Gasteiger partial charge in [0, 0.05) is 5.69 Å². The van der Waals surface area contributed by atoms with Crippen LogP contribution in [0.3, 0.4) is 0 Å². The first-order valence-electron chi connectivity index (χ1n) is 8.97. The van der Waals surface area contributed by atoms with Crippen LogP contribution in [0.1, 0.15) is 35.5 Å². The van der Waals surface area contributed by atoms with E-state index in [-0.39, 0.29) is 12.3 Å². The summed E-state index contributed by atoms with van der Waals surface area (Å²) in [7, 11) is 0. The van der Waals surface area contributed by atoms with Crippen LogP contribution in [0.2, 0.25) is 0 Å². The lowest BCUT2D eigenvalue weighted by Gasteiger charge is -2.12. The Labute approximate surface area is 158 Å². The lowest BCUT2D eigenvalue weighted by atomic mass is 10.1. The molecule has 0 saturated heterocycles. The quantitative estimate of drug-likeness (QED) is 0.645. The van der Waals surface area contributed by atoms with Gasteiger partial charge in [-0.25, -0.2) is 14.8 Å². The second-order valence-electron chi connectivity index (χ2n) is 6.15. The number of hydrogen-bond acceptors (Lipinski definition) is 6. The van der Waals surface area contributed by atoms with Gasteiger partial charge in [-0.1, -0.05) is 0 Å². The van der Waals surface area contributed by atoms with Gasteiger partial charge in [-0.2, -0.15) is 0 Å². The Bertz CT molecular complexity index is 969. The van der Waals surface area contributed by atoms with E-state index in [2.05, 4.69) is 15.3 Å². The maximum Gasteiger partial charge on any atom is 0.360 e. The molecule has 1 N–H and O–H groups in total. The summed E-state index contributed by atoms with van der Waals surface area (Å²) in [6.45, 7) is 8.61. The first-order valence-corrected chi connectivity index (χ1v) is 8.97. The molecule has 0 spiro atoms. The number of benzene rings is 2. The van der Waals surface area contributed by atoms with Gasteiger partial charge in [-0.15, -0.1) is 0 Å². The third kappa shape index (κ3) is 4.16. The second kappa shape index (κ2) is 8.03. The molecule has 0 saturated carbocycles. The van der Waals surface area contributed by atoms with Crippen LogP contribution >= 0.6 is 0 Å². The summed E-state index contributed by atoms with van der Waals surface area (Å²) >= 11 is 0. The normalized spacial score (nSPS) is 10.7. The summed E-state index contributed by atoms with van der Waals surface area (Å²) in [5.41, 5.74) is 4.55. The number of esters is 1. The zero-order valence-corrected chi connectivity index (χ0v) is 16.0. The van der Waals surface area contributed by atoms with Crippen LogP contribution in [0.5, 0.6) is 5.75 Å². The molecule has 2 aromatic carbocycles. The predicted octanol–water partition coefficient (Wildman–Crippen LogP) is 4.57. The van der Waals surface area contributed by atoms with Crippen LogP contribution in [-0.2, 0) is 4.74 Å². The topological polar surface area (TPSA) is 73.3 Å².